The molecule has 0 spiro atoms. The molecule has 0 unspecified atom stereocenters. The quantitative estimate of drug-likeness (QED) is 0.351. The lowest BCUT2D eigenvalue weighted by Gasteiger charge is -2.34. The van der Waals surface area contributed by atoms with E-state index >= 15 is 0 Å². The largest absolute Gasteiger partial charge is 0.470 e. The smallest absolute Gasteiger partial charge is 0.416 e. The number of hydrogen-bond donors (Lipinski definition) is 2. The van der Waals surface area contributed by atoms with Crippen molar-refractivity contribution in [2.24, 2.45) is 0 Å². The third-order valence-electron chi connectivity index (χ3n) is 6.07. The number of ether oxygens (including phenoxy) is 1. The van der Waals surface area contributed by atoms with E-state index in [1.54, 1.807) is 36.0 Å². The van der Waals surface area contributed by atoms with E-state index in [1.807, 2.05) is 0 Å². The lowest BCUT2D eigenvalue weighted by atomic mass is 10.1. The Balaban J connectivity index is 1.34. The van der Waals surface area contributed by atoms with Gasteiger partial charge in [0.05, 0.1) is 29.4 Å². The Kier molecular flexibility index (Phi) is 9.59. The fourth-order valence-electron chi connectivity index (χ4n) is 4.06. The summed E-state index contributed by atoms with van der Waals surface area (Å²) in [5.41, 5.74) is -2.96. The van der Waals surface area contributed by atoms with Crippen molar-refractivity contribution in [3.8, 4) is 5.88 Å². The highest BCUT2D eigenvalue weighted by Crippen LogP contribution is 2.37. The van der Waals surface area contributed by atoms with Crippen molar-refractivity contribution in [2.75, 3.05) is 62.4 Å². The molecule has 43 heavy (non-hydrogen) atoms. The SMILES string of the molecule is CN(C)CC(=O)Nc1cc(COc2nsnc2N2CCN(C(=O)Nc3cc(C(F)(F)F)cc(C(F)(F)F)c3)CC2)ccn1. The van der Waals surface area contributed by atoms with Gasteiger partial charge in [-0.05, 0) is 50.0 Å². The van der Waals surface area contributed by atoms with E-state index in [1.165, 1.54) is 11.1 Å². The fourth-order valence-corrected chi connectivity index (χ4v) is 4.58. The average molecular weight is 633 g/mol. The Morgan fingerprint density at radius 1 is 0.953 bits per heavy atom. The molecule has 3 heterocycles. The van der Waals surface area contributed by atoms with Gasteiger partial charge in [0.25, 0.3) is 5.88 Å². The van der Waals surface area contributed by atoms with Crippen LogP contribution in [0.4, 0.5) is 48.5 Å². The van der Waals surface area contributed by atoms with Gasteiger partial charge in [0.15, 0.2) is 0 Å². The summed E-state index contributed by atoms with van der Waals surface area (Å²) in [4.78, 5) is 33.6. The molecule has 3 amide bonds. The van der Waals surface area contributed by atoms with Gasteiger partial charge < -0.3 is 30.1 Å². The number of piperazine rings is 1. The number of aromatic nitrogens is 3. The van der Waals surface area contributed by atoms with Crippen LogP contribution in [0.2, 0.25) is 0 Å². The zero-order valence-corrected chi connectivity index (χ0v) is 23.6. The van der Waals surface area contributed by atoms with Crippen molar-refractivity contribution < 1.29 is 40.7 Å². The van der Waals surface area contributed by atoms with Crippen LogP contribution >= 0.6 is 11.7 Å². The summed E-state index contributed by atoms with van der Waals surface area (Å²) in [5, 5.41) is 4.84. The van der Waals surface area contributed by atoms with Gasteiger partial charge in [-0.3, -0.25) is 4.79 Å². The van der Waals surface area contributed by atoms with Crippen LogP contribution in [0, 0.1) is 0 Å². The third-order valence-corrected chi connectivity index (χ3v) is 6.58. The van der Waals surface area contributed by atoms with Gasteiger partial charge in [0.1, 0.15) is 12.4 Å². The second kappa shape index (κ2) is 13.0. The minimum Gasteiger partial charge on any atom is -0.470 e. The number of hydrogen-bond acceptors (Lipinski definition) is 9. The summed E-state index contributed by atoms with van der Waals surface area (Å²) < 4.78 is 93.2. The number of amides is 3. The van der Waals surface area contributed by atoms with Gasteiger partial charge in [-0.2, -0.15) is 30.7 Å². The number of halogens is 6. The first-order valence-corrected chi connectivity index (χ1v) is 13.4. The van der Waals surface area contributed by atoms with Gasteiger partial charge in [-0.25, -0.2) is 9.78 Å². The molecule has 0 bridgehead atoms. The Hall–Kier alpha value is -4.19. The van der Waals surface area contributed by atoms with Crippen LogP contribution in [0.1, 0.15) is 16.7 Å². The highest BCUT2D eigenvalue weighted by atomic mass is 32.1. The number of benzene rings is 1. The molecule has 1 aliphatic heterocycles. The molecule has 4 rings (SSSR count). The highest BCUT2D eigenvalue weighted by Gasteiger charge is 2.37. The molecule has 1 aliphatic rings. The Morgan fingerprint density at radius 2 is 1.60 bits per heavy atom. The van der Waals surface area contributed by atoms with E-state index in [2.05, 4.69) is 24.4 Å². The summed E-state index contributed by atoms with van der Waals surface area (Å²) in [6.07, 6.45) is -8.54. The predicted octanol–water partition coefficient (Wildman–Crippen LogP) is 4.40. The molecular weight excluding hydrogens is 606 g/mol. The Morgan fingerprint density at radius 3 is 2.21 bits per heavy atom. The minimum absolute atomic E-state index is 0.00610. The summed E-state index contributed by atoms with van der Waals surface area (Å²) >= 11 is 0.910. The van der Waals surface area contributed by atoms with Crippen molar-refractivity contribution in [3.05, 3.63) is 53.2 Å². The van der Waals surface area contributed by atoms with Crippen molar-refractivity contribution in [1.29, 1.82) is 0 Å². The normalized spacial score (nSPS) is 14.2. The van der Waals surface area contributed by atoms with Crippen molar-refractivity contribution >= 4 is 41.0 Å². The van der Waals surface area contributed by atoms with E-state index < -0.39 is 35.2 Å². The number of carbonyl (C=O) groups excluding carboxylic acids is 2. The third kappa shape index (κ3) is 8.66. The number of nitrogens with zero attached hydrogens (tertiary/aromatic N) is 6. The molecule has 3 aromatic rings. The number of alkyl halides is 6. The van der Waals surface area contributed by atoms with Crippen molar-refractivity contribution in [2.45, 2.75) is 19.0 Å². The topological polar surface area (TPSA) is 116 Å². The maximum Gasteiger partial charge on any atom is 0.416 e. The lowest BCUT2D eigenvalue weighted by molar-refractivity contribution is -0.143. The van der Waals surface area contributed by atoms with E-state index in [0.29, 0.717) is 29.3 Å². The van der Waals surface area contributed by atoms with Crippen LogP contribution in [-0.2, 0) is 23.8 Å². The molecule has 0 atom stereocenters. The highest BCUT2D eigenvalue weighted by molar-refractivity contribution is 6.99. The first kappa shape index (κ1) is 31.7. The van der Waals surface area contributed by atoms with E-state index in [9.17, 15) is 35.9 Å². The molecule has 18 heteroatoms. The number of likely N-dealkylation sites (N-methyl/N-ethyl adjacent to an activating group) is 1. The Bertz CT molecular complexity index is 1410. The van der Waals surface area contributed by atoms with Gasteiger partial charge in [-0.15, -0.1) is 4.37 Å². The molecule has 2 aromatic heterocycles. The van der Waals surface area contributed by atoms with Crippen molar-refractivity contribution in [1.82, 2.24) is 23.5 Å². The molecule has 1 fully saturated rings. The van der Waals surface area contributed by atoms with Crippen LogP contribution in [0.15, 0.2) is 36.5 Å². The second-order valence-corrected chi connectivity index (χ2v) is 10.2. The summed E-state index contributed by atoms with van der Waals surface area (Å²) in [6, 6.07) is 3.43. The van der Waals surface area contributed by atoms with Gasteiger partial charge in [0.2, 0.25) is 11.7 Å². The summed E-state index contributed by atoms with van der Waals surface area (Å²) in [5.74, 6) is 0.793. The number of nitrogens with one attached hydrogen (secondary N) is 2. The molecule has 232 valence electrons. The van der Waals surface area contributed by atoms with Crippen LogP contribution in [0.3, 0.4) is 0 Å². The average Bonchev–Trinajstić information content (AvgIpc) is 3.39. The number of anilines is 3. The zero-order valence-electron chi connectivity index (χ0n) is 22.8. The van der Waals surface area contributed by atoms with Crippen LogP contribution in [-0.4, -0.2) is 82.3 Å². The first-order chi connectivity index (χ1) is 20.2. The number of carbonyl (C=O) groups is 2. The van der Waals surface area contributed by atoms with Crippen LogP contribution < -0.4 is 20.3 Å². The van der Waals surface area contributed by atoms with E-state index in [4.69, 9.17) is 4.74 Å². The molecule has 1 aromatic carbocycles. The minimum atomic E-state index is -5.03. The Labute approximate surface area is 245 Å². The summed E-state index contributed by atoms with van der Waals surface area (Å²) in [7, 11) is 3.53. The lowest BCUT2D eigenvalue weighted by Crippen LogP contribution is -2.50. The monoisotopic (exact) mass is 632 g/mol. The van der Waals surface area contributed by atoms with E-state index in [-0.39, 0.29) is 57.2 Å². The maximum atomic E-state index is 13.2. The summed E-state index contributed by atoms with van der Waals surface area (Å²) in [6.45, 7) is 1.00. The molecule has 1 saturated heterocycles. The molecule has 11 nitrogen and oxygen atoms in total. The molecule has 2 N–H and O–H groups in total. The number of urea groups is 1. The van der Waals surface area contributed by atoms with E-state index in [0.717, 1.165) is 11.7 Å². The van der Waals surface area contributed by atoms with Crippen LogP contribution in [0.5, 0.6) is 5.88 Å². The number of pyridine rings is 1. The zero-order chi connectivity index (χ0) is 31.4. The second-order valence-electron chi connectivity index (χ2n) is 9.72. The molecule has 0 aliphatic carbocycles. The molecule has 0 saturated carbocycles. The first-order valence-electron chi connectivity index (χ1n) is 12.6. The fraction of sp³-hybridized carbons (Fsp3) is 0.400. The molecule has 0 radical (unpaired) electrons. The van der Waals surface area contributed by atoms with Gasteiger partial charge in [-0.1, -0.05) is 0 Å². The molecular formula is C25H26F6N8O3S. The van der Waals surface area contributed by atoms with Crippen molar-refractivity contribution in [3.63, 3.8) is 0 Å². The van der Waals surface area contributed by atoms with Gasteiger partial charge in [0, 0.05) is 38.1 Å². The van der Waals surface area contributed by atoms with Gasteiger partial charge >= 0.3 is 18.4 Å². The number of rotatable bonds is 8. The standard InChI is InChI=1S/C25H26F6N8O3S/c1-37(2)13-20(40)34-19-9-15(3-4-32-19)14-42-22-21(35-43-36-22)38-5-7-39(8-6-38)23(41)33-18-11-16(24(26,27)28)10-17(12-18)25(29,30)31/h3-4,9-12H,5-8,13-14H2,1-2H3,(H,33,41)(H,32,34,40). The predicted molar refractivity (Wildman–Crippen MR) is 145 cm³/mol. The maximum absolute atomic E-state index is 13.2. The van der Waals surface area contributed by atoms with Crippen LogP contribution in [0.25, 0.3) is 0 Å².